The van der Waals surface area contributed by atoms with Crippen molar-refractivity contribution in [3.63, 3.8) is 0 Å². The third-order valence-corrected chi connectivity index (χ3v) is 2.69. The first kappa shape index (κ1) is 13.5. The number of carbonyl (C=O) groups is 1. The zero-order valence-corrected chi connectivity index (χ0v) is 11.5. The largest absolute Gasteiger partial charge is 0.460 e. The Morgan fingerprint density at radius 2 is 2.05 bits per heavy atom. The van der Waals surface area contributed by atoms with Crippen molar-refractivity contribution in [3.05, 3.63) is 35.9 Å². The Morgan fingerprint density at radius 1 is 1.37 bits per heavy atom. The Balaban J connectivity index is 2.16. The smallest absolute Gasteiger partial charge is 0.375 e. The Morgan fingerprint density at radius 3 is 2.68 bits per heavy atom. The standard InChI is InChI=1S/C14H19N3O2/c1-4-19-13(18)12-15-14(2,3)16-17(12)10-11-8-6-5-7-9-11/h5-9,16H,4,10H2,1-3H3. The van der Waals surface area contributed by atoms with Crippen LogP contribution in [0.3, 0.4) is 0 Å². The minimum Gasteiger partial charge on any atom is -0.460 e. The summed E-state index contributed by atoms with van der Waals surface area (Å²) in [5.41, 5.74) is 3.81. The van der Waals surface area contributed by atoms with Crippen molar-refractivity contribution in [1.29, 1.82) is 0 Å². The molecule has 1 aromatic carbocycles. The second-order valence-electron chi connectivity index (χ2n) is 4.90. The maximum absolute atomic E-state index is 11.9. The molecule has 0 radical (unpaired) electrons. The summed E-state index contributed by atoms with van der Waals surface area (Å²) < 4.78 is 5.04. The van der Waals surface area contributed by atoms with E-state index in [0.717, 1.165) is 5.56 Å². The van der Waals surface area contributed by atoms with E-state index >= 15 is 0 Å². The third-order valence-electron chi connectivity index (χ3n) is 2.69. The summed E-state index contributed by atoms with van der Waals surface area (Å²) in [7, 11) is 0. The molecule has 1 aromatic rings. The van der Waals surface area contributed by atoms with Gasteiger partial charge in [0.25, 0.3) is 0 Å². The lowest BCUT2D eigenvalue weighted by Gasteiger charge is -2.23. The molecule has 102 valence electrons. The lowest BCUT2D eigenvalue weighted by atomic mass is 10.2. The summed E-state index contributed by atoms with van der Waals surface area (Å²) in [5.74, 6) is -0.0628. The molecular formula is C14H19N3O2. The number of esters is 1. The van der Waals surface area contributed by atoms with Gasteiger partial charge in [-0.05, 0) is 26.3 Å². The minimum atomic E-state index is -0.489. The maximum atomic E-state index is 11.9. The highest BCUT2D eigenvalue weighted by Crippen LogP contribution is 2.17. The zero-order chi connectivity index (χ0) is 13.9. The third kappa shape index (κ3) is 3.32. The van der Waals surface area contributed by atoms with Crippen molar-refractivity contribution in [2.24, 2.45) is 4.99 Å². The van der Waals surface area contributed by atoms with Crippen LogP contribution in [-0.4, -0.2) is 29.1 Å². The molecule has 0 bridgehead atoms. The number of hydrazine groups is 1. The normalized spacial score (nSPS) is 17.2. The number of hydrogen-bond donors (Lipinski definition) is 1. The Bertz CT molecular complexity index is 483. The molecule has 0 aliphatic carbocycles. The van der Waals surface area contributed by atoms with Crippen LogP contribution in [0.1, 0.15) is 26.3 Å². The molecule has 0 amide bonds. The van der Waals surface area contributed by atoms with E-state index in [2.05, 4.69) is 10.4 Å². The molecule has 5 nitrogen and oxygen atoms in total. The van der Waals surface area contributed by atoms with E-state index in [1.165, 1.54) is 0 Å². The van der Waals surface area contributed by atoms with Gasteiger partial charge in [0, 0.05) is 0 Å². The van der Waals surface area contributed by atoms with E-state index in [1.807, 2.05) is 44.2 Å². The van der Waals surface area contributed by atoms with E-state index in [9.17, 15) is 4.79 Å². The topological polar surface area (TPSA) is 53.9 Å². The minimum absolute atomic E-state index is 0.329. The van der Waals surface area contributed by atoms with Crippen LogP contribution in [0.25, 0.3) is 0 Å². The van der Waals surface area contributed by atoms with Gasteiger partial charge in [0.05, 0.1) is 13.2 Å². The molecule has 1 N–H and O–H groups in total. The van der Waals surface area contributed by atoms with Crippen molar-refractivity contribution < 1.29 is 9.53 Å². The molecule has 0 saturated heterocycles. The molecule has 0 fully saturated rings. The second-order valence-corrected chi connectivity index (χ2v) is 4.90. The Hall–Kier alpha value is -1.88. The van der Waals surface area contributed by atoms with E-state index in [4.69, 9.17) is 4.74 Å². The monoisotopic (exact) mass is 261 g/mol. The highest BCUT2D eigenvalue weighted by atomic mass is 16.5. The Kier molecular flexibility index (Phi) is 3.85. The van der Waals surface area contributed by atoms with Crippen molar-refractivity contribution in [3.8, 4) is 0 Å². The summed E-state index contributed by atoms with van der Waals surface area (Å²) in [6.45, 7) is 6.53. The van der Waals surface area contributed by atoms with Gasteiger partial charge in [-0.2, -0.15) is 0 Å². The molecule has 19 heavy (non-hydrogen) atoms. The van der Waals surface area contributed by atoms with Crippen molar-refractivity contribution in [2.45, 2.75) is 33.0 Å². The maximum Gasteiger partial charge on any atom is 0.375 e. The molecule has 0 saturated carbocycles. The second kappa shape index (κ2) is 5.40. The first-order chi connectivity index (χ1) is 9.02. The van der Waals surface area contributed by atoms with Gasteiger partial charge in [0.1, 0.15) is 5.66 Å². The molecule has 1 heterocycles. The van der Waals surface area contributed by atoms with Crippen molar-refractivity contribution in [2.75, 3.05) is 6.61 Å². The van der Waals surface area contributed by atoms with Gasteiger partial charge in [0.15, 0.2) is 0 Å². The molecule has 0 atom stereocenters. The van der Waals surface area contributed by atoms with E-state index in [0.29, 0.717) is 19.0 Å². The van der Waals surface area contributed by atoms with Crippen LogP contribution in [0.4, 0.5) is 0 Å². The molecule has 2 rings (SSSR count). The van der Waals surface area contributed by atoms with Gasteiger partial charge in [-0.3, -0.25) is 5.01 Å². The average Bonchev–Trinajstić information content (AvgIpc) is 2.66. The number of amidine groups is 1. The molecule has 1 aliphatic rings. The number of aliphatic imine (C=N–C) groups is 1. The Labute approximate surface area is 113 Å². The first-order valence-corrected chi connectivity index (χ1v) is 6.38. The van der Waals surface area contributed by atoms with Crippen LogP contribution in [0.15, 0.2) is 35.3 Å². The quantitative estimate of drug-likeness (QED) is 0.838. The van der Waals surface area contributed by atoms with Gasteiger partial charge in [-0.1, -0.05) is 30.3 Å². The predicted molar refractivity (Wildman–Crippen MR) is 73.3 cm³/mol. The lowest BCUT2D eigenvalue weighted by Crippen LogP contribution is -2.46. The SMILES string of the molecule is CCOC(=O)C1=NC(C)(C)NN1Cc1ccccc1. The average molecular weight is 261 g/mol. The molecule has 1 aliphatic heterocycles. The first-order valence-electron chi connectivity index (χ1n) is 6.38. The number of benzene rings is 1. The summed E-state index contributed by atoms with van der Waals surface area (Å²) in [6.07, 6.45) is 0. The molecule has 0 unspecified atom stereocenters. The van der Waals surface area contributed by atoms with Crippen LogP contribution < -0.4 is 5.43 Å². The van der Waals surface area contributed by atoms with E-state index < -0.39 is 11.6 Å². The fourth-order valence-corrected chi connectivity index (χ4v) is 1.97. The number of nitrogens with one attached hydrogen (secondary N) is 1. The number of carbonyl (C=O) groups excluding carboxylic acids is 1. The number of nitrogens with zero attached hydrogens (tertiary/aromatic N) is 2. The highest BCUT2D eigenvalue weighted by molar-refractivity contribution is 6.35. The molecular weight excluding hydrogens is 242 g/mol. The number of rotatable bonds is 4. The van der Waals surface area contributed by atoms with Crippen LogP contribution in [0, 0.1) is 0 Å². The summed E-state index contributed by atoms with van der Waals surface area (Å²) >= 11 is 0. The van der Waals surface area contributed by atoms with Crippen LogP contribution in [0.5, 0.6) is 0 Å². The fraction of sp³-hybridized carbons (Fsp3) is 0.429. The number of hydrogen-bond acceptors (Lipinski definition) is 5. The fourth-order valence-electron chi connectivity index (χ4n) is 1.97. The van der Waals surface area contributed by atoms with Crippen LogP contribution in [-0.2, 0) is 16.1 Å². The lowest BCUT2D eigenvalue weighted by molar-refractivity contribution is -0.135. The highest BCUT2D eigenvalue weighted by Gasteiger charge is 2.34. The van der Waals surface area contributed by atoms with E-state index in [-0.39, 0.29) is 0 Å². The molecule has 0 aromatic heterocycles. The van der Waals surface area contributed by atoms with Crippen LogP contribution >= 0.6 is 0 Å². The van der Waals surface area contributed by atoms with Crippen molar-refractivity contribution in [1.82, 2.24) is 10.4 Å². The van der Waals surface area contributed by atoms with Gasteiger partial charge in [-0.25, -0.2) is 15.2 Å². The van der Waals surface area contributed by atoms with Gasteiger partial charge in [0.2, 0.25) is 5.84 Å². The summed E-state index contributed by atoms with van der Waals surface area (Å²) in [5, 5.41) is 1.74. The van der Waals surface area contributed by atoms with Gasteiger partial charge >= 0.3 is 5.97 Å². The zero-order valence-electron chi connectivity index (χ0n) is 11.5. The van der Waals surface area contributed by atoms with Crippen molar-refractivity contribution >= 4 is 11.8 Å². The number of ether oxygens (including phenoxy) is 1. The van der Waals surface area contributed by atoms with Crippen LogP contribution in [0.2, 0.25) is 0 Å². The summed E-state index contributed by atoms with van der Waals surface area (Å²) in [4.78, 5) is 16.3. The van der Waals surface area contributed by atoms with E-state index in [1.54, 1.807) is 11.9 Å². The molecule has 5 heteroatoms. The summed E-state index contributed by atoms with van der Waals surface area (Å²) in [6, 6.07) is 9.92. The van der Waals surface area contributed by atoms with Gasteiger partial charge < -0.3 is 4.74 Å². The van der Waals surface area contributed by atoms with Gasteiger partial charge in [-0.15, -0.1) is 0 Å². The predicted octanol–water partition coefficient (Wildman–Crippen LogP) is 1.70. The molecule has 0 spiro atoms.